The molecular formula is C15H14N2O2. The Bertz CT molecular complexity index is 645. The maximum absolute atomic E-state index is 8.85. The van der Waals surface area contributed by atoms with E-state index < -0.39 is 0 Å². The molecule has 0 atom stereocenters. The molecule has 0 amide bonds. The van der Waals surface area contributed by atoms with Gasteiger partial charge in [0, 0.05) is 6.07 Å². The fourth-order valence-corrected chi connectivity index (χ4v) is 1.68. The average Bonchev–Trinajstić information content (AvgIpc) is 2.44. The third-order valence-electron chi connectivity index (χ3n) is 2.80. The van der Waals surface area contributed by atoms with Crippen LogP contribution >= 0.6 is 0 Å². The van der Waals surface area contributed by atoms with Crippen LogP contribution in [-0.4, -0.2) is 7.11 Å². The van der Waals surface area contributed by atoms with E-state index in [0.717, 1.165) is 5.56 Å². The Kier molecular flexibility index (Phi) is 3.58. The average molecular weight is 254 g/mol. The summed E-state index contributed by atoms with van der Waals surface area (Å²) in [5.41, 5.74) is 8.02. The molecule has 0 spiro atoms. The Morgan fingerprint density at radius 2 is 1.89 bits per heavy atom. The number of nitrogen functional groups attached to an aromatic ring is 1. The molecule has 2 aromatic rings. The minimum atomic E-state index is 0.500. The van der Waals surface area contributed by atoms with E-state index in [1.807, 2.05) is 19.1 Å². The number of nitriles is 1. The van der Waals surface area contributed by atoms with Gasteiger partial charge in [0.05, 0.1) is 24.4 Å². The lowest BCUT2D eigenvalue weighted by molar-refractivity contribution is 0.379. The van der Waals surface area contributed by atoms with Crippen molar-refractivity contribution in [3.8, 4) is 23.3 Å². The summed E-state index contributed by atoms with van der Waals surface area (Å²) < 4.78 is 11.0. The van der Waals surface area contributed by atoms with E-state index in [4.69, 9.17) is 20.5 Å². The van der Waals surface area contributed by atoms with E-state index in [1.54, 1.807) is 24.3 Å². The molecule has 0 aromatic heterocycles. The van der Waals surface area contributed by atoms with E-state index in [0.29, 0.717) is 28.5 Å². The van der Waals surface area contributed by atoms with Crippen molar-refractivity contribution < 1.29 is 9.47 Å². The van der Waals surface area contributed by atoms with Crippen molar-refractivity contribution in [3.05, 3.63) is 47.5 Å². The van der Waals surface area contributed by atoms with Gasteiger partial charge in [-0.15, -0.1) is 0 Å². The van der Waals surface area contributed by atoms with E-state index in [9.17, 15) is 0 Å². The van der Waals surface area contributed by atoms with Crippen molar-refractivity contribution in [3.63, 3.8) is 0 Å². The first-order valence-corrected chi connectivity index (χ1v) is 5.76. The summed E-state index contributed by atoms with van der Waals surface area (Å²) in [4.78, 5) is 0. The molecule has 0 radical (unpaired) electrons. The molecule has 0 bridgehead atoms. The van der Waals surface area contributed by atoms with Gasteiger partial charge in [0.1, 0.15) is 0 Å². The van der Waals surface area contributed by atoms with Crippen molar-refractivity contribution in [1.29, 1.82) is 5.26 Å². The number of nitrogens with two attached hydrogens (primary N) is 1. The summed E-state index contributed by atoms with van der Waals surface area (Å²) >= 11 is 0. The summed E-state index contributed by atoms with van der Waals surface area (Å²) in [6.07, 6.45) is 0. The van der Waals surface area contributed by atoms with Crippen LogP contribution in [0, 0.1) is 18.3 Å². The van der Waals surface area contributed by atoms with Gasteiger partial charge in [-0.1, -0.05) is 12.1 Å². The highest BCUT2D eigenvalue weighted by Gasteiger charge is 2.09. The fourth-order valence-electron chi connectivity index (χ4n) is 1.68. The molecule has 0 fully saturated rings. The second-order valence-corrected chi connectivity index (χ2v) is 4.07. The lowest BCUT2D eigenvalue weighted by atomic mass is 10.2. The Morgan fingerprint density at radius 1 is 1.11 bits per heavy atom. The first kappa shape index (κ1) is 12.8. The first-order valence-electron chi connectivity index (χ1n) is 5.76. The van der Waals surface area contributed by atoms with E-state index in [2.05, 4.69) is 6.07 Å². The number of para-hydroxylation sites is 1. The van der Waals surface area contributed by atoms with Crippen molar-refractivity contribution in [1.82, 2.24) is 0 Å². The number of anilines is 1. The predicted octanol–water partition coefficient (Wildman–Crippen LogP) is 3.25. The number of aryl methyl sites for hydroxylation is 1. The van der Waals surface area contributed by atoms with E-state index in [-0.39, 0.29) is 0 Å². The summed E-state index contributed by atoms with van der Waals surface area (Å²) in [6.45, 7) is 1.91. The maximum atomic E-state index is 8.85. The molecule has 2 aromatic carbocycles. The number of ether oxygens (including phenoxy) is 2. The second-order valence-electron chi connectivity index (χ2n) is 4.07. The van der Waals surface area contributed by atoms with Gasteiger partial charge in [-0.2, -0.15) is 5.26 Å². The maximum Gasteiger partial charge on any atom is 0.169 e. The SMILES string of the molecule is COc1cc(C#N)ccc1Oc1cccc(C)c1N. The van der Waals surface area contributed by atoms with Crippen LogP contribution in [0.1, 0.15) is 11.1 Å². The number of rotatable bonds is 3. The van der Waals surface area contributed by atoms with Gasteiger partial charge in [0.15, 0.2) is 17.2 Å². The van der Waals surface area contributed by atoms with Crippen molar-refractivity contribution in [2.75, 3.05) is 12.8 Å². The van der Waals surface area contributed by atoms with E-state index >= 15 is 0 Å². The molecule has 96 valence electrons. The molecular weight excluding hydrogens is 240 g/mol. The quantitative estimate of drug-likeness (QED) is 0.854. The lowest BCUT2D eigenvalue weighted by Crippen LogP contribution is -1.96. The van der Waals surface area contributed by atoms with Crippen LogP contribution in [0.15, 0.2) is 36.4 Å². The van der Waals surface area contributed by atoms with Crippen LogP contribution in [0.4, 0.5) is 5.69 Å². The van der Waals surface area contributed by atoms with Crippen LogP contribution < -0.4 is 15.2 Å². The van der Waals surface area contributed by atoms with Crippen LogP contribution in [-0.2, 0) is 0 Å². The fraction of sp³-hybridized carbons (Fsp3) is 0.133. The molecule has 0 heterocycles. The smallest absolute Gasteiger partial charge is 0.169 e. The summed E-state index contributed by atoms with van der Waals surface area (Å²) in [5, 5.41) is 8.85. The zero-order valence-electron chi connectivity index (χ0n) is 10.8. The minimum Gasteiger partial charge on any atom is -0.493 e. The molecule has 4 heteroatoms. The van der Waals surface area contributed by atoms with Crippen molar-refractivity contribution in [2.45, 2.75) is 6.92 Å². The van der Waals surface area contributed by atoms with Gasteiger partial charge in [-0.05, 0) is 30.7 Å². The predicted molar refractivity (Wildman–Crippen MR) is 73.4 cm³/mol. The zero-order chi connectivity index (χ0) is 13.8. The van der Waals surface area contributed by atoms with E-state index in [1.165, 1.54) is 7.11 Å². The van der Waals surface area contributed by atoms with Crippen LogP contribution in [0.25, 0.3) is 0 Å². The highest BCUT2D eigenvalue weighted by Crippen LogP contribution is 2.35. The third kappa shape index (κ3) is 2.61. The third-order valence-corrected chi connectivity index (χ3v) is 2.80. The summed E-state index contributed by atoms with van der Waals surface area (Å²) in [7, 11) is 1.53. The monoisotopic (exact) mass is 254 g/mol. The number of methoxy groups -OCH3 is 1. The first-order chi connectivity index (χ1) is 9.15. The van der Waals surface area contributed by atoms with Gasteiger partial charge in [-0.25, -0.2) is 0 Å². The van der Waals surface area contributed by atoms with Gasteiger partial charge < -0.3 is 15.2 Å². The lowest BCUT2D eigenvalue weighted by Gasteiger charge is -2.13. The molecule has 4 nitrogen and oxygen atoms in total. The summed E-state index contributed by atoms with van der Waals surface area (Å²) in [5.74, 6) is 1.60. The molecule has 0 saturated carbocycles. The van der Waals surface area contributed by atoms with Crippen LogP contribution in [0.3, 0.4) is 0 Å². The van der Waals surface area contributed by atoms with Crippen molar-refractivity contribution in [2.24, 2.45) is 0 Å². The topological polar surface area (TPSA) is 68.3 Å². The second kappa shape index (κ2) is 5.32. The molecule has 2 rings (SSSR count). The Hall–Kier alpha value is -2.67. The summed E-state index contributed by atoms with van der Waals surface area (Å²) in [6, 6.07) is 12.6. The molecule has 0 unspecified atom stereocenters. The van der Waals surface area contributed by atoms with Gasteiger partial charge in [-0.3, -0.25) is 0 Å². The Balaban J connectivity index is 2.38. The number of benzene rings is 2. The molecule has 0 saturated heterocycles. The number of nitrogens with zero attached hydrogens (tertiary/aromatic N) is 1. The van der Waals surface area contributed by atoms with Crippen molar-refractivity contribution >= 4 is 5.69 Å². The molecule has 2 N–H and O–H groups in total. The molecule has 0 aliphatic carbocycles. The highest BCUT2D eigenvalue weighted by molar-refractivity contribution is 5.60. The number of hydrogen-bond acceptors (Lipinski definition) is 4. The minimum absolute atomic E-state index is 0.500. The molecule has 0 aliphatic rings. The molecule has 0 aliphatic heterocycles. The van der Waals surface area contributed by atoms with Crippen LogP contribution in [0.5, 0.6) is 17.2 Å². The normalized spacial score (nSPS) is 9.74. The van der Waals surface area contributed by atoms with Gasteiger partial charge >= 0.3 is 0 Å². The molecule has 19 heavy (non-hydrogen) atoms. The number of hydrogen-bond donors (Lipinski definition) is 1. The highest BCUT2D eigenvalue weighted by atomic mass is 16.5. The van der Waals surface area contributed by atoms with Gasteiger partial charge in [0.25, 0.3) is 0 Å². The Morgan fingerprint density at radius 3 is 2.58 bits per heavy atom. The Labute approximate surface area is 112 Å². The standard InChI is InChI=1S/C15H14N2O2/c1-10-4-3-5-13(15(10)17)19-12-7-6-11(9-16)8-14(12)18-2/h3-8H,17H2,1-2H3. The zero-order valence-corrected chi connectivity index (χ0v) is 10.8. The van der Waals surface area contributed by atoms with Crippen LogP contribution in [0.2, 0.25) is 0 Å². The largest absolute Gasteiger partial charge is 0.493 e. The van der Waals surface area contributed by atoms with Gasteiger partial charge in [0.2, 0.25) is 0 Å².